The Hall–Kier alpha value is -1.38. The van der Waals surface area contributed by atoms with Crippen molar-refractivity contribution in [2.75, 3.05) is 0 Å². The van der Waals surface area contributed by atoms with E-state index in [9.17, 15) is 9.18 Å². The topological polar surface area (TPSA) is 37.3 Å². The molecular formula is C12H13FO2. The van der Waals surface area contributed by atoms with Gasteiger partial charge in [-0.2, -0.15) is 0 Å². The zero-order valence-corrected chi connectivity index (χ0v) is 8.53. The van der Waals surface area contributed by atoms with Gasteiger partial charge in [0.1, 0.15) is 5.82 Å². The van der Waals surface area contributed by atoms with Crippen LogP contribution in [0.15, 0.2) is 24.3 Å². The minimum absolute atomic E-state index is 0.295. The molecule has 0 aromatic heterocycles. The van der Waals surface area contributed by atoms with Gasteiger partial charge in [-0.1, -0.05) is 19.1 Å². The molecule has 0 heterocycles. The van der Waals surface area contributed by atoms with Gasteiger partial charge in [0.25, 0.3) is 0 Å². The molecule has 0 spiro atoms. The van der Waals surface area contributed by atoms with Crippen molar-refractivity contribution < 1.29 is 14.3 Å². The summed E-state index contributed by atoms with van der Waals surface area (Å²) in [5, 5.41) is 8.96. The molecule has 15 heavy (non-hydrogen) atoms. The number of hydrogen-bond acceptors (Lipinski definition) is 1. The first-order valence-electron chi connectivity index (χ1n) is 5.09. The summed E-state index contributed by atoms with van der Waals surface area (Å²) in [6, 6.07) is 6.28. The SMILES string of the molecule is CC[C@@]1(c2cccc(F)c2)C[C@H]1C(=O)O. The summed E-state index contributed by atoms with van der Waals surface area (Å²) < 4.78 is 13.0. The first kappa shape index (κ1) is 10.1. The first-order chi connectivity index (χ1) is 7.10. The molecule has 1 aromatic rings. The summed E-state index contributed by atoms with van der Waals surface area (Å²) in [5.41, 5.74) is 0.492. The molecule has 2 rings (SSSR count). The minimum Gasteiger partial charge on any atom is -0.481 e. The van der Waals surface area contributed by atoms with E-state index in [1.165, 1.54) is 12.1 Å². The summed E-state index contributed by atoms with van der Waals surface area (Å²) in [6.45, 7) is 1.95. The maximum absolute atomic E-state index is 13.0. The Labute approximate surface area is 87.7 Å². The van der Waals surface area contributed by atoms with Crippen LogP contribution in [0.2, 0.25) is 0 Å². The van der Waals surface area contributed by atoms with Crippen LogP contribution in [-0.2, 0) is 10.2 Å². The number of benzene rings is 1. The summed E-state index contributed by atoms with van der Waals surface area (Å²) in [4.78, 5) is 10.9. The molecule has 0 bridgehead atoms. The number of halogens is 1. The minimum atomic E-state index is -0.777. The van der Waals surface area contributed by atoms with E-state index in [2.05, 4.69) is 0 Å². The van der Waals surface area contributed by atoms with Gasteiger partial charge in [0.2, 0.25) is 0 Å². The van der Waals surface area contributed by atoms with Crippen LogP contribution in [0.3, 0.4) is 0 Å². The molecule has 1 aromatic carbocycles. The Kier molecular flexibility index (Phi) is 2.25. The molecule has 2 nitrogen and oxygen atoms in total. The van der Waals surface area contributed by atoms with Crippen molar-refractivity contribution in [3.05, 3.63) is 35.6 Å². The zero-order valence-electron chi connectivity index (χ0n) is 8.53. The number of carbonyl (C=O) groups is 1. The van der Waals surface area contributed by atoms with E-state index < -0.39 is 5.97 Å². The highest BCUT2D eigenvalue weighted by Gasteiger charge is 2.58. The number of aliphatic carboxylic acids is 1. The highest BCUT2D eigenvalue weighted by molar-refractivity contribution is 5.77. The van der Waals surface area contributed by atoms with Crippen LogP contribution in [-0.4, -0.2) is 11.1 Å². The molecule has 1 aliphatic carbocycles. The number of carboxylic acid groups (broad SMARTS) is 1. The molecule has 0 saturated heterocycles. The van der Waals surface area contributed by atoms with Gasteiger partial charge in [0.15, 0.2) is 0 Å². The van der Waals surface area contributed by atoms with E-state index in [1.54, 1.807) is 6.07 Å². The van der Waals surface area contributed by atoms with Crippen LogP contribution in [0.25, 0.3) is 0 Å². The fourth-order valence-electron chi connectivity index (χ4n) is 2.34. The van der Waals surface area contributed by atoms with Crippen molar-refractivity contribution >= 4 is 5.97 Å². The summed E-state index contributed by atoms with van der Waals surface area (Å²) in [7, 11) is 0. The number of carboxylic acids is 1. The fourth-order valence-corrected chi connectivity index (χ4v) is 2.34. The lowest BCUT2D eigenvalue weighted by atomic mass is 9.90. The Morgan fingerprint density at radius 1 is 1.67 bits per heavy atom. The second-order valence-electron chi connectivity index (χ2n) is 4.11. The molecular weight excluding hydrogens is 195 g/mol. The Bertz CT molecular complexity index is 402. The molecule has 0 amide bonds. The van der Waals surface area contributed by atoms with Crippen molar-refractivity contribution in [2.45, 2.75) is 25.2 Å². The van der Waals surface area contributed by atoms with Crippen molar-refractivity contribution in [2.24, 2.45) is 5.92 Å². The standard InChI is InChI=1S/C12H13FO2/c1-2-12(7-10(12)11(14)15)8-4-3-5-9(13)6-8/h3-6,10H,2,7H2,1H3,(H,14,15)/t10-,12-/m0/s1. The predicted molar refractivity (Wildman–Crippen MR) is 54.1 cm³/mol. The highest BCUT2D eigenvalue weighted by atomic mass is 19.1. The third kappa shape index (κ3) is 1.52. The first-order valence-corrected chi connectivity index (χ1v) is 5.09. The van der Waals surface area contributed by atoms with Gasteiger partial charge in [-0.15, -0.1) is 0 Å². The molecule has 0 unspecified atom stereocenters. The Balaban J connectivity index is 2.34. The van der Waals surface area contributed by atoms with Crippen LogP contribution in [0, 0.1) is 11.7 Å². The van der Waals surface area contributed by atoms with Gasteiger partial charge in [0, 0.05) is 5.41 Å². The van der Waals surface area contributed by atoms with Crippen LogP contribution >= 0.6 is 0 Å². The summed E-state index contributed by atoms with van der Waals surface area (Å²) in [5.74, 6) is -1.42. The van der Waals surface area contributed by atoms with Crippen LogP contribution in [0.1, 0.15) is 25.3 Å². The molecule has 1 aliphatic rings. The van der Waals surface area contributed by atoms with E-state index in [0.717, 1.165) is 12.0 Å². The lowest BCUT2D eigenvalue weighted by Crippen LogP contribution is -2.14. The smallest absolute Gasteiger partial charge is 0.307 e. The maximum atomic E-state index is 13.0. The van der Waals surface area contributed by atoms with Crippen molar-refractivity contribution in [3.63, 3.8) is 0 Å². The fraction of sp³-hybridized carbons (Fsp3) is 0.417. The van der Waals surface area contributed by atoms with Gasteiger partial charge >= 0.3 is 5.97 Å². The second kappa shape index (κ2) is 3.33. The van der Waals surface area contributed by atoms with E-state index in [-0.39, 0.29) is 17.2 Å². The average Bonchev–Trinajstić information content (AvgIpc) is 2.93. The number of hydrogen-bond donors (Lipinski definition) is 1. The molecule has 0 aliphatic heterocycles. The predicted octanol–water partition coefficient (Wildman–Crippen LogP) is 2.58. The van der Waals surface area contributed by atoms with Gasteiger partial charge in [-0.05, 0) is 30.5 Å². The molecule has 1 N–H and O–H groups in total. The van der Waals surface area contributed by atoms with Crippen molar-refractivity contribution in [3.8, 4) is 0 Å². The molecule has 2 atom stereocenters. The number of rotatable bonds is 3. The zero-order chi connectivity index (χ0) is 11.1. The maximum Gasteiger partial charge on any atom is 0.307 e. The third-order valence-corrected chi connectivity index (χ3v) is 3.40. The Morgan fingerprint density at radius 3 is 2.87 bits per heavy atom. The van der Waals surface area contributed by atoms with Gasteiger partial charge in [-0.3, -0.25) is 4.79 Å². The quantitative estimate of drug-likeness (QED) is 0.828. The molecule has 1 fully saturated rings. The van der Waals surface area contributed by atoms with E-state index >= 15 is 0 Å². The van der Waals surface area contributed by atoms with E-state index in [1.807, 2.05) is 13.0 Å². The lowest BCUT2D eigenvalue weighted by molar-refractivity contribution is -0.139. The third-order valence-electron chi connectivity index (χ3n) is 3.40. The lowest BCUT2D eigenvalue weighted by Gasteiger charge is -2.14. The van der Waals surface area contributed by atoms with Gasteiger partial charge in [-0.25, -0.2) is 4.39 Å². The molecule has 80 valence electrons. The van der Waals surface area contributed by atoms with Crippen LogP contribution < -0.4 is 0 Å². The largest absolute Gasteiger partial charge is 0.481 e. The van der Waals surface area contributed by atoms with Crippen LogP contribution in [0.5, 0.6) is 0 Å². The summed E-state index contributed by atoms with van der Waals surface area (Å²) in [6.07, 6.45) is 1.37. The molecule has 1 saturated carbocycles. The van der Waals surface area contributed by atoms with E-state index in [4.69, 9.17) is 5.11 Å². The highest BCUT2D eigenvalue weighted by Crippen LogP contribution is 2.56. The van der Waals surface area contributed by atoms with Gasteiger partial charge < -0.3 is 5.11 Å². The normalized spacial score (nSPS) is 28.8. The van der Waals surface area contributed by atoms with E-state index in [0.29, 0.717) is 6.42 Å². The van der Waals surface area contributed by atoms with Gasteiger partial charge in [0.05, 0.1) is 5.92 Å². The Morgan fingerprint density at radius 2 is 2.40 bits per heavy atom. The van der Waals surface area contributed by atoms with Crippen molar-refractivity contribution in [1.82, 2.24) is 0 Å². The van der Waals surface area contributed by atoms with Crippen molar-refractivity contribution in [1.29, 1.82) is 0 Å². The average molecular weight is 208 g/mol. The molecule has 0 radical (unpaired) electrons. The summed E-state index contributed by atoms with van der Waals surface area (Å²) >= 11 is 0. The van der Waals surface area contributed by atoms with Crippen LogP contribution in [0.4, 0.5) is 4.39 Å². The second-order valence-corrected chi connectivity index (χ2v) is 4.11. The monoisotopic (exact) mass is 208 g/mol. The molecule has 3 heteroatoms.